The highest BCUT2D eigenvalue weighted by Crippen LogP contribution is 2.21. The molecule has 1 aromatic carbocycles. The van der Waals surface area contributed by atoms with Gasteiger partial charge in [-0.3, -0.25) is 0 Å². The fourth-order valence-electron chi connectivity index (χ4n) is 2.25. The van der Waals surface area contributed by atoms with Gasteiger partial charge < -0.3 is 5.32 Å². The first-order valence-electron chi connectivity index (χ1n) is 7.33. The van der Waals surface area contributed by atoms with Crippen molar-refractivity contribution in [3.05, 3.63) is 24.3 Å². The van der Waals surface area contributed by atoms with Crippen molar-refractivity contribution in [1.82, 2.24) is 20.6 Å². The van der Waals surface area contributed by atoms with Crippen molar-refractivity contribution in [2.75, 3.05) is 5.32 Å². The Balaban J connectivity index is 2.07. The van der Waals surface area contributed by atoms with Gasteiger partial charge in [-0.1, -0.05) is 39.3 Å². The van der Waals surface area contributed by atoms with Crippen molar-refractivity contribution in [3.8, 4) is 11.4 Å². The van der Waals surface area contributed by atoms with E-state index in [-0.39, 0.29) is 0 Å². The summed E-state index contributed by atoms with van der Waals surface area (Å²) in [5, 5.41) is 17.7. The van der Waals surface area contributed by atoms with E-state index in [4.69, 9.17) is 0 Å². The lowest BCUT2D eigenvalue weighted by Crippen LogP contribution is -2.21. The monoisotopic (exact) mass is 273 g/mol. The van der Waals surface area contributed by atoms with Crippen molar-refractivity contribution < 1.29 is 0 Å². The zero-order valence-corrected chi connectivity index (χ0v) is 12.4. The molecule has 0 saturated carbocycles. The molecular formula is C15H23N5. The summed E-state index contributed by atoms with van der Waals surface area (Å²) in [6.07, 6.45) is 3.54. The number of H-pyrrole nitrogens is 1. The summed E-state index contributed by atoms with van der Waals surface area (Å²) in [4.78, 5) is 0. The Morgan fingerprint density at radius 2 is 2.10 bits per heavy atom. The maximum absolute atomic E-state index is 4.01. The van der Waals surface area contributed by atoms with E-state index < -0.39 is 0 Å². The second-order valence-corrected chi connectivity index (χ2v) is 5.31. The molecule has 2 atom stereocenters. The third-order valence-electron chi connectivity index (χ3n) is 3.71. The van der Waals surface area contributed by atoms with E-state index >= 15 is 0 Å². The van der Waals surface area contributed by atoms with Crippen LogP contribution in [0.1, 0.15) is 40.0 Å². The molecule has 20 heavy (non-hydrogen) atoms. The number of hydrogen-bond acceptors (Lipinski definition) is 4. The zero-order chi connectivity index (χ0) is 14.4. The number of aromatic amines is 1. The van der Waals surface area contributed by atoms with Crippen LogP contribution in [0.15, 0.2) is 24.3 Å². The molecule has 2 N–H and O–H groups in total. The van der Waals surface area contributed by atoms with Crippen LogP contribution in [-0.4, -0.2) is 26.7 Å². The SMILES string of the molecule is CCC(C)CC(CC)Nc1cccc(-c2nn[nH]n2)c1. The number of nitrogens with one attached hydrogen (secondary N) is 2. The Labute approximate surface area is 120 Å². The molecule has 2 unspecified atom stereocenters. The van der Waals surface area contributed by atoms with Crippen molar-refractivity contribution in [1.29, 1.82) is 0 Å². The summed E-state index contributed by atoms with van der Waals surface area (Å²) in [7, 11) is 0. The Bertz CT molecular complexity index is 509. The molecule has 0 aliphatic rings. The first kappa shape index (κ1) is 14.5. The lowest BCUT2D eigenvalue weighted by atomic mass is 9.97. The number of tetrazole rings is 1. The number of nitrogens with zero attached hydrogens (tertiary/aromatic N) is 3. The molecule has 0 amide bonds. The van der Waals surface area contributed by atoms with E-state index in [2.05, 4.69) is 58.8 Å². The maximum atomic E-state index is 4.01. The normalized spacial score (nSPS) is 13.9. The van der Waals surface area contributed by atoms with Crippen LogP contribution in [0.2, 0.25) is 0 Å². The molecule has 108 valence electrons. The van der Waals surface area contributed by atoms with Gasteiger partial charge in [-0.05, 0) is 36.1 Å². The Hall–Kier alpha value is -1.91. The number of benzene rings is 1. The Kier molecular flexibility index (Phi) is 5.09. The predicted molar refractivity (Wildman–Crippen MR) is 81.4 cm³/mol. The maximum Gasteiger partial charge on any atom is 0.204 e. The lowest BCUT2D eigenvalue weighted by molar-refractivity contribution is 0.462. The highest BCUT2D eigenvalue weighted by Gasteiger charge is 2.11. The molecule has 2 aromatic rings. The van der Waals surface area contributed by atoms with Gasteiger partial charge in [0.05, 0.1) is 0 Å². The molecule has 0 fully saturated rings. The summed E-state index contributed by atoms with van der Waals surface area (Å²) in [5.74, 6) is 1.37. The number of anilines is 1. The van der Waals surface area contributed by atoms with Gasteiger partial charge in [-0.25, -0.2) is 0 Å². The second kappa shape index (κ2) is 7.03. The average molecular weight is 273 g/mol. The minimum atomic E-state index is 0.505. The predicted octanol–water partition coefficient (Wildman–Crippen LogP) is 3.49. The zero-order valence-electron chi connectivity index (χ0n) is 12.4. The van der Waals surface area contributed by atoms with Gasteiger partial charge >= 0.3 is 0 Å². The third-order valence-corrected chi connectivity index (χ3v) is 3.71. The summed E-state index contributed by atoms with van der Waals surface area (Å²) in [6, 6.07) is 8.67. The molecule has 1 aromatic heterocycles. The van der Waals surface area contributed by atoms with Gasteiger partial charge in [0, 0.05) is 17.3 Å². The standard InChI is InChI=1S/C15H23N5/c1-4-11(3)9-13(5-2)16-14-8-6-7-12(10-14)15-17-19-20-18-15/h6-8,10-11,13,16H,4-5,9H2,1-3H3,(H,17,18,19,20). The molecule has 2 rings (SSSR count). The Morgan fingerprint density at radius 3 is 2.75 bits per heavy atom. The molecule has 0 saturated heterocycles. The summed E-state index contributed by atoms with van der Waals surface area (Å²) in [5.41, 5.74) is 2.09. The smallest absolute Gasteiger partial charge is 0.204 e. The minimum Gasteiger partial charge on any atom is -0.382 e. The fourth-order valence-corrected chi connectivity index (χ4v) is 2.25. The molecular weight excluding hydrogens is 250 g/mol. The molecule has 0 spiro atoms. The van der Waals surface area contributed by atoms with Crippen LogP contribution >= 0.6 is 0 Å². The van der Waals surface area contributed by atoms with Crippen LogP contribution in [0.3, 0.4) is 0 Å². The number of rotatable bonds is 7. The molecule has 0 radical (unpaired) electrons. The minimum absolute atomic E-state index is 0.505. The van der Waals surface area contributed by atoms with Crippen LogP contribution in [-0.2, 0) is 0 Å². The highest BCUT2D eigenvalue weighted by molar-refractivity contribution is 5.61. The van der Waals surface area contributed by atoms with Crippen LogP contribution in [0, 0.1) is 5.92 Å². The summed E-state index contributed by atoms with van der Waals surface area (Å²) >= 11 is 0. The largest absolute Gasteiger partial charge is 0.382 e. The number of aromatic nitrogens is 4. The van der Waals surface area contributed by atoms with E-state index in [1.54, 1.807) is 0 Å². The van der Waals surface area contributed by atoms with E-state index in [0.29, 0.717) is 11.9 Å². The summed E-state index contributed by atoms with van der Waals surface area (Å²) < 4.78 is 0. The van der Waals surface area contributed by atoms with Crippen molar-refractivity contribution >= 4 is 5.69 Å². The molecule has 5 nitrogen and oxygen atoms in total. The van der Waals surface area contributed by atoms with Crippen molar-refractivity contribution in [2.24, 2.45) is 5.92 Å². The van der Waals surface area contributed by atoms with Gasteiger partial charge in [0.1, 0.15) is 0 Å². The molecule has 0 aliphatic heterocycles. The van der Waals surface area contributed by atoms with Gasteiger partial charge in [0.2, 0.25) is 5.82 Å². The molecule has 5 heteroatoms. The first-order chi connectivity index (χ1) is 9.72. The quantitative estimate of drug-likeness (QED) is 0.810. The van der Waals surface area contributed by atoms with E-state index in [9.17, 15) is 0 Å². The fraction of sp³-hybridized carbons (Fsp3) is 0.533. The summed E-state index contributed by atoms with van der Waals surface area (Å²) in [6.45, 7) is 6.78. The lowest BCUT2D eigenvalue weighted by Gasteiger charge is -2.21. The van der Waals surface area contributed by atoms with E-state index in [0.717, 1.165) is 23.6 Å². The van der Waals surface area contributed by atoms with Gasteiger partial charge in [-0.15, -0.1) is 10.2 Å². The third kappa shape index (κ3) is 3.79. The molecule has 0 bridgehead atoms. The van der Waals surface area contributed by atoms with Crippen LogP contribution in [0.4, 0.5) is 5.69 Å². The second-order valence-electron chi connectivity index (χ2n) is 5.31. The van der Waals surface area contributed by atoms with Crippen LogP contribution in [0.5, 0.6) is 0 Å². The van der Waals surface area contributed by atoms with E-state index in [1.165, 1.54) is 12.8 Å². The van der Waals surface area contributed by atoms with E-state index in [1.807, 2.05) is 12.1 Å². The van der Waals surface area contributed by atoms with Crippen molar-refractivity contribution in [2.45, 2.75) is 46.1 Å². The molecule has 1 heterocycles. The van der Waals surface area contributed by atoms with Gasteiger partial charge in [-0.2, -0.15) is 5.21 Å². The highest BCUT2D eigenvalue weighted by atomic mass is 15.5. The van der Waals surface area contributed by atoms with Gasteiger partial charge in [0.25, 0.3) is 0 Å². The Morgan fingerprint density at radius 1 is 1.25 bits per heavy atom. The topological polar surface area (TPSA) is 66.5 Å². The van der Waals surface area contributed by atoms with Gasteiger partial charge in [0.15, 0.2) is 0 Å². The first-order valence-corrected chi connectivity index (χ1v) is 7.33. The van der Waals surface area contributed by atoms with Crippen molar-refractivity contribution in [3.63, 3.8) is 0 Å². The average Bonchev–Trinajstić information content (AvgIpc) is 3.01. The van der Waals surface area contributed by atoms with Crippen LogP contribution in [0.25, 0.3) is 11.4 Å². The van der Waals surface area contributed by atoms with Crippen LogP contribution < -0.4 is 5.32 Å². The molecule has 0 aliphatic carbocycles. The number of hydrogen-bond donors (Lipinski definition) is 2.